The summed E-state index contributed by atoms with van der Waals surface area (Å²) in [5.74, 6) is -1.31. The van der Waals surface area contributed by atoms with Gasteiger partial charge in [0.2, 0.25) is 0 Å². The molecule has 23 heavy (non-hydrogen) atoms. The lowest BCUT2D eigenvalue weighted by Gasteiger charge is -2.11. The van der Waals surface area contributed by atoms with E-state index in [2.05, 4.69) is 10.3 Å². The number of aromatic carboxylic acids is 1. The summed E-state index contributed by atoms with van der Waals surface area (Å²) < 4.78 is 0. The molecule has 2 aromatic rings. The van der Waals surface area contributed by atoms with E-state index in [1.165, 1.54) is 0 Å². The van der Waals surface area contributed by atoms with E-state index in [0.717, 1.165) is 16.9 Å². The van der Waals surface area contributed by atoms with Crippen LogP contribution in [0.5, 0.6) is 0 Å². The van der Waals surface area contributed by atoms with E-state index in [9.17, 15) is 9.59 Å². The van der Waals surface area contributed by atoms with Gasteiger partial charge in [0.1, 0.15) is 9.88 Å². The molecule has 6 nitrogen and oxygen atoms in total. The van der Waals surface area contributed by atoms with Crippen molar-refractivity contribution in [3.63, 3.8) is 0 Å². The summed E-state index contributed by atoms with van der Waals surface area (Å²) in [4.78, 5) is 27.7. The molecule has 1 unspecified atom stereocenters. The Labute approximate surface area is 137 Å². The second-order valence-corrected chi connectivity index (χ2v) is 6.03. The van der Waals surface area contributed by atoms with Gasteiger partial charge >= 0.3 is 5.97 Å². The molecule has 0 fully saturated rings. The highest BCUT2D eigenvalue weighted by molar-refractivity contribution is 7.13. The topological polar surface area (TPSA) is 103 Å². The number of carboxylic acids is 1. The number of carboxylic acid groups (broad SMARTS) is 1. The van der Waals surface area contributed by atoms with E-state index in [1.54, 1.807) is 38.1 Å². The Balaban J connectivity index is 2.13. The number of nitrogens with zero attached hydrogens (tertiary/aromatic N) is 2. The summed E-state index contributed by atoms with van der Waals surface area (Å²) in [6.45, 7) is 3.38. The summed E-state index contributed by atoms with van der Waals surface area (Å²) >= 11 is 1.06. The molecule has 0 aliphatic rings. The third kappa shape index (κ3) is 3.93. The lowest BCUT2D eigenvalue weighted by molar-refractivity contribution is 0.0701. The molecular formula is C16H15N3O3S. The van der Waals surface area contributed by atoms with Crippen LogP contribution in [0.25, 0.3) is 0 Å². The molecule has 118 valence electrons. The molecule has 0 bridgehead atoms. The van der Waals surface area contributed by atoms with Crippen molar-refractivity contribution < 1.29 is 14.7 Å². The fourth-order valence-electron chi connectivity index (χ4n) is 2.06. The van der Waals surface area contributed by atoms with Crippen molar-refractivity contribution in [2.24, 2.45) is 0 Å². The summed E-state index contributed by atoms with van der Waals surface area (Å²) in [6, 6.07) is 8.48. The molecule has 0 aliphatic carbocycles. The van der Waals surface area contributed by atoms with E-state index >= 15 is 0 Å². The number of amides is 1. The van der Waals surface area contributed by atoms with E-state index in [4.69, 9.17) is 10.4 Å². The number of hydrogen-bond donors (Lipinski definition) is 2. The minimum atomic E-state index is -1.02. The standard InChI is InChI=1S/C16H15N3O3S/c1-9-13(16(21)22)23-15(19-9)10(2)18-14(20)12-5-3-4-11(8-12)6-7-17/h3-5,8,10H,6H2,1-2H3,(H,18,20)(H,21,22). The molecular weight excluding hydrogens is 314 g/mol. The Bertz CT molecular complexity index is 792. The second-order valence-electron chi connectivity index (χ2n) is 5.00. The molecule has 1 aromatic heterocycles. The van der Waals surface area contributed by atoms with Crippen LogP contribution in [0, 0.1) is 18.3 Å². The van der Waals surface area contributed by atoms with Crippen LogP contribution in [-0.4, -0.2) is 22.0 Å². The molecule has 0 radical (unpaired) electrons. The van der Waals surface area contributed by atoms with Crippen LogP contribution in [0.2, 0.25) is 0 Å². The zero-order chi connectivity index (χ0) is 17.0. The molecule has 1 atom stereocenters. The number of carbonyl (C=O) groups excluding carboxylic acids is 1. The van der Waals surface area contributed by atoms with Crippen molar-refractivity contribution in [2.45, 2.75) is 26.3 Å². The largest absolute Gasteiger partial charge is 0.477 e. The van der Waals surface area contributed by atoms with Gasteiger partial charge in [-0.3, -0.25) is 4.79 Å². The predicted octanol–water partition coefficient (Wildman–Crippen LogP) is 2.71. The van der Waals surface area contributed by atoms with Crippen molar-refractivity contribution in [3.8, 4) is 6.07 Å². The van der Waals surface area contributed by atoms with E-state index in [-0.39, 0.29) is 17.2 Å². The predicted molar refractivity (Wildman–Crippen MR) is 85.5 cm³/mol. The van der Waals surface area contributed by atoms with Gasteiger partial charge in [-0.2, -0.15) is 5.26 Å². The molecule has 1 aromatic carbocycles. The van der Waals surface area contributed by atoms with Gasteiger partial charge in [-0.15, -0.1) is 11.3 Å². The first kappa shape index (κ1) is 16.6. The Morgan fingerprint density at radius 1 is 1.48 bits per heavy atom. The number of nitrogens with one attached hydrogen (secondary N) is 1. The van der Waals surface area contributed by atoms with Crippen LogP contribution >= 0.6 is 11.3 Å². The highest BCUT2D eigenvalue weighted by Crippen LogP contribution is 2.23. The molecule has 0 spiro atoms. The number of nitriles is 1. The van der Waals surface area contributed by atoms with Gasteiger partial charge in [0, 0.05) is 5.56 Å². The molecule has 0 saturated heterocycles. The molecule has 7 heteroatoms. The fourth-order valence-corrected chi connectivity index (χ4v) is 2.96. The zero-order valence-electron chi connectivity index (χ0n) is 12.7. The Morgan fingerprint density at radius 2 is 2.22 bits per heavy atom. The van der Waals surface area contributed by atoms with Crippen LogP contribution < -0.4 is 5.32 Å². The lowest BCUT2D eigenvalue weighted by atomic mass is 10.1. The van der Waals surface area contributed by atoms with Crippen LogP contribution in [0.1, 0.15) is 49.3 Å². The molecule has 1 heterocycles. The van der Waals surface area contributed by atoms with Crippen LogP contribution in [0.4, 0.5) is 0 Å². The first-order valence-corrected chi connectivity index (χ1v) is 7.71. The van der Waals surface area contributed by atoms with Crippen molar-refractivity contribution in [3.05, 3.63) is 51.0 Å². The van der Waals surface area contributed by atoms with Crippen LogP contribution in [-0.2, 0) is 6.42 Å². The number of rotatable bonds is 5. The summed E-state index contributed by atoms with van der Waals surface area (Å²) in [5.41, 5.74) is 1.66. The highest BCUT2D eigenvalue weighted by atomic mass is 32.1. The third-order valence-electron chi connectivity index (χ3n) is 3.20. The van der Waals surface area contributed by atoms with Gasteiger partial charge in [0.05, 0.1) is 24.2 Å². The number of benzene rings is 1. The molecule has 0 aliphatic heterocycles. The van der Waals surface area contributed by atoms with Gasteiger partial charge in [-0.25, -0.2) is 9.78 Å². The van der Waals surface area contributed by atoms with Crippen LogP contribution in [0.15, 0.2) is 24.3 Å². The van der Waals surface area contributed by atoms with Gasteiger partial charge in [0.15, 0.2) is 0 Å². The number of aryl methyl sites for hydroxylation is 1. The maximum Gasteiger partial charge on any atom is 0.347 e. The first-order chi connectivity index (χ1) is 10.9. The summed E-state index contributed by atoms with van der Waals surface area (Å²) in [7, 11) is 0. The maximum absolute atomic E-state index is 12.3. The molecule has 1 amide bonds. The average molecular weight is 329 g/mol. The summed E-state index contributed by atoms with van der Waals surface area (Å²) in [6.07, 6.45) is 0.240. The highest BCUT2D eigenvalue weighted by Gasteiger charge is 2.19. The van der Waals surface area contributed by atoms with E-state index in [0.29, 0.717) is 16.3 Å². The Kier molecular flexibility index (Phi) is 5.09. The Morgan fingerprint density at radius 3 is 2.83 bits per heavy atom. The lowest BCUT2D eigenvalue weighted by Crippen LogP contribution is -2.26. The summed E-state index contributed by atoms with van der Waals surface area (Å²) in [5, 5.41) is 21.1. The first-order valence-electron chi connectivity index (χ1n) is 6.89. The van der Waals surface area contributed by atoms with Gasteiger partial charge < -0.3 is 10.4 Å². The van der Waals surface area contributed by atoms with E-state index < -0.39 is 12.0 Å². The monoisotopic (exact) mass is 329 g/mol. The normalized spacial score (nSPS) is 11.5. The van der Waals surface area contributed by atoms with Crippen molar-refractivity contribution in [1.29, 1.82) is 5.26 Å². The minimum absolute atomic E-state index is 0.178. The second kappa shape index (κ2) is 7.03. The molecule has 2 N–H and O–H groups in total. The number of hydrogen-bond acceptors (Lipinski definition) is 5. The smallest absolute Gasteiger partial charge is 0.347 e. The van der Waals surface area contributed by atoms with Gasteiger partial charge in [-0.1, -0.05) is 12.1 Å². The average Bonchev–Trinajstić information content (AvgIpc) is 2.90. The number of carbonyl (C=O) groups is 2. The van der Waals surface area contributed by atoms with E-state index in [1.807, 2.05) is 6.07 Å². The fraction of sp³-hybridized carbons (Fsp3) is 0.250. The van der Waals surface area contributed by atoms with Gasteiger partial charge in [-0.05, 0) is 31.5 Å². The SMILES string of the molecule is Cc1nc(C(C)NC(=O)c2cccc(CC#N)c2)sc1C(=O)O. The third-order valence-corrected chi connectivity index (χ3v) is 4.53. The number of aromatic nitrogens is 1. The van der Waals surface area contributed by atoms with Crippen molar-refractivity contribution >= 4 is 23.2 Å². The van der Waals surface area contributed by atoms with Crippen LogP contribution in [0.3, 0.4) is 0 Å². The van der Waals surface area contributed by atoms with Crippen molar-refractivity contribution in [2.75, 3.05) is 0 Å². The quantitative estimate of drug-likeness (QED) is 0.878. The van der Waals surface area contributed by atoms with Crippen molar-refractivity contribution in [1.82, 2.24) is 10.3 Å². The Hall–Kier alpha value is -2.72. The minimum Gasteiger partial charge on any atom is -0.477 e. The number of thiazole rings is 1. The maximum atomic E-state index is 12.3. The van der Waals surface area contributed by atoms with Gasteiger partial charge in [0.25, 0.3) is 5.91 Å². The zero-order valence-corrected chi connectivity index (χ0v) is 13.5. The molecule has 2 rings (SSSR count). The molecule has 0 saturated carbocycles.